The molecule has 2 fully saturated rings. The Morgan fingerprint density at radius 2 is 1.84 bits per heavy atom. The normalized spacial score (nSPS) is 40.9. The summed E-state index contributed by atoms with van der Waals surface area (Å²) in [5, 5.41) is 10.7. The summed E-state index contributed by atoms with van der Waals surface area (Å²) in [6, 6.07) is 10.4. The molecular weight excluding hydrogens is 236 g/mol. The second kappa shape index (κ2) is 4.32. The van der Waals surface area contributed by atoms with Gasteiger partial charge in [0, 0.05) is 5.92 Å². The summed E-state index contributed by atoms with van der Waals surface area (Å²) in [5.41, 5.74) is 0.502. The minimum Gasteiger partial charge on any atom is -0.390 e. The van der Waals surface area contributed by atoms with E-state index in [4.69, 9.17) is 4.74 Å². The maximum atomic E-state index is 10.7. The molecule has 1 aliphatic heterocycles. The van der Waals surface area contributed by atoms with E-state index in [9.17, 15) is 5.11 Å². The largest absolute Gasteiger partial charge is 0.390 e. The van der Waals surface area contributed by atoms with E-state index in [0.717, 1.165) is 19.3 Å². The third-order valence-electron chi connectivity index (χ3n) is 5.24. The number of fused-ring (bicyclic) bond motifs is 2. The third-order valence-corrected chi connectivity index (χ3v) is 5.24. The summed E-state index contributed by atoms with van der Waals surface area (Å²) < 4.78 is 6.40. The molecule has 0 radical (unpaired) electrons. The molecule has 1 aromatic carbocycles. The van der Waals surface area contributed by atoms with Crippen LogP contribution in [0.4, 0.5) is 0 Å². The van der Waals surface area contributed by atoms with Crippen molar-refractivity contribution in [3.8, 4) is 0 Å². The summed E-state index contributed by atoms with van der Waals surface area (Å²) in [6.07, 6.45) is 3.04. The second-order valence-corrected chi connectivity index (χ2v) is 6.99. The zero-order valence-corrected chi connectivity index (χ0v) is 12.1. The highest BCUT2D eigenvalue weighted by Crippen LogP contribution is 2.54. The molecule has 0 amide bonds. The minimum absolute atomic E-state index is 0.0164. The molecule has 1 saturated heterocycles. The van der Waals surface area contributed by atoms with E-state index in [-0.39, 0.29) is 17.6 Å². The molecule has 0 unspecified atom stereocenters. The van der Waals surface area contributed by atoms with Crippen LogP contribution in [0, 0.1) is 11.8 Å². The topological polar surface area (TPSA) is 29.5 Å². The minimum atomic E-state index is -0.604. The maximum Gasteiger partial charge on any atom is 0.0887 e. The SMILES string of the molecule is CC1(C)O[C@@H](c2ccccc2)[C@H]2C[C@H]1CC[C@]2(C)O. The fourth-order valence-corrected chi connectivity index (χ4v) is 3.86. The standard InChI is InChI=1S/C17H24O2/c1-16(2)13-9-10-17(3,18)14(11-13)15(19-16)12-7-5-4-6-8-12/h4-8,13-15,18H,9-11H2,1-3H3/t13-,14-,15+,17+/m1/s1. The van der Waals surface area contributed by atoms with Gasteiger partial charge in [0.2, 0.25) is 0 Å². The summed E-state index contributed by atoms with van der Waals surface area (Å²) in [5.74, 6) is 0.777. The highest BCUT2D eigenvalue weighted by atomic mass is 16.5. The lowest BCUT2D eigenvalue weighted by molar-refractivity contribution is -0.232. The van der Waals surface area contributed by atoms with Gasteiger partial charge in [0.05, 0.1) is 17.3 Å². The van der Waals surface area contributed by atoms with Gasteiger partial charge in [-0.2, -0.15) is 0 Å². The van der Waals surface area contributed by atoms with E-state index in [0.29, 0.717) is 5.92 Å². The number of aliphatic hydroxyl groups is 1. The van der Waals surface area contributed by atoms with Gasteiger partial charge < -0.3 is 9.84 Å². The Bertz CT molecular complexity index is 448. The van der Waals surface area contributed by atoms with Crippen LogP contribution in [0.1, 0.15) is 51.7 Å². The molecule has 2 aliphatic rings. The average molecular weight is 260 g/mol. The van der Waals surface area contributed by atoms with Gasteiger partial charge in [-0.05, 0) is 51.5 Å². The first kappa shape index (κ1) is 13.1. The predicted octanol–water partition coefficient (Wildman–Crippen LogP) is 3.70. The number of benzene rings is 1. The van der Waals surface area contributed by atoms with E-state index in [1.54, 1.807) is 0 Å². The van der Waals surface area contributed by atoms with E-state index in [1.807, 2.05) is 13.0 Å². The van der Waals surface area contributed by atoms with Gasteiger partial charge in [0.15, 0.2) is 0 Å². The molecule has 2 bridgehead atoms. The quantitative estimate of drug-likeness (QED) is 0.834. The van der Waals surface area contributed by atoms with Crippen LogP contribution in [0.5, 0.6) is 0 Å². The van der Waals surface area contributed by atoms with Crippen molar-refractivity contribution in [3.05, 3.63) is 35.9 Å². The monoisotopic (exact) mass is 260 g/mol. The lowest BCUT2D eigenvalue weighted by Crippen LogP contribution is -2.54. The molecule has 104 valence electrons. The molecule has 3 rings (SSSR count). The average Bonchev–Trinajstić information content (AvgIpc) is 2.36. The first-order valence-electron chi connectivity index (χ1n) is 7.35. The van der Waals surface area contributed by atoms with Gasteiger partial charge in [0.25, 0.3) is 0 Å². The Balaban J connectivity index is 1.98. The van der Waals surface area contributed by atoms with Crippen molar-refractivity contribution in [2.75, 3.05) is 0 Å². The molecule has 1 N–H and O–H groups in total. The van der Waals surface area contributed by atoms with Crippen LogP contribution in [-0.2, 0) is 4.74 Å². The molecule has 2 nitrogen and oxygen atoms in total. The van der Waals surface area contributed by atoms with Crippen molar-refractivity contribution < 1.29 is 9.84 Å². The van der Waals surface area contributed by atoms with Crippen LogP contribution in [0.3, 0.4) is 0 Å². The lowest BCUT2D eigenvalue weighted by Gasteiger charge is -2.55. The van der Waals surface area contributed by atoms with Crippen molar-refractivity contribution in [2.24, 2.45) is 11.8 Å². The Morgan fingerprint density at radius 3 is 2.53 bits per heavy atom. The molecule has 2 heteroatoms. The Kier molecular flexibility index (Phi) is 2.99. The van der Waals surface area contributed by atoms with E-state index in [2.05, 4.69) is 38.1 Å². The van der Waals surface area contributed by atoms with Crippen LogP contribution in [0.2, 0.25) is 0 Å². The zero-order valence-electron chi connectivity index (χ0n) is 12.1. The van der Waals surface area contributed by atoms with Crippen molar-refractivity contribution >= 4 is 0 Å². The van der Waals surface area contributed by atoms with Gasteiger partial charge in [-0.1, -0.05) is 30.3 Å². The van der Waals surface area contributed by atoms with Crippen molar-refractivity contribution in [1.82, 2.24) is 0 Å². The summed E-state index contributed by atoms with van der Waals surface area (Å²) >= 11 is 0. The van der Waals surface area contributed by atoms with Gasteiger partial charge in [-0.15, -0.1) is 0 Å². The number of hydrogen-bond donors (Lipinski definition) is 1. The Morgan fingerprint density at radius 1 is 1.16 bits per heavy atom. The number of rotatable bonds is 1. The fraction of sp³-hybridized carbons (Fsp3) is 0.647. The second-order valence-electron chi connectivity index (χ2n) is 6.99. The molecule has 4 atom stereocenters. The fourth-order valence-electron chi connectivity index (χ4n) is 3.86. The van der Waals surface area contributed by atoms with Crippen molar-refractivity contribution in [1.29, 1.82) is 0 Å². The number of ether oxygens (including phenoxy) is 1. The smallest absolute Gasteiger partial charge is 0.0887 e. The molecule has 1 saturated carbocycles. The Labute approximate surface area is 115 Å². The van der Waals surface area contributed by atoms with Crippen molar-refractivity contribution in [3.63, 3.8) is 0 Å². The first-order chi connectivity index (χ1) is 8.90. The molecule has 1 aliphatic carbocycles. The summed E-state index contributed by atoms with van der Waals surface area (Å²) in [7, 11) is 0. The first-order valence-corrected chi connectivity index (χ1v) is 7.35. The highest BCUT2D eigenvalue weighted by Gasteiger charge is 2.52. The summed E-state index contributed by atoms with van der Waals surface area (Å²) in [6.45, 7) is 6.37. The lowest BCUT2D eigenvalue weighted by atomic mass is 9.62. The van der Waals surface area contributed by atoms with E-state index < -0.39 is 5.60 Å². The van der Waals surface area contributed by atoms with Crippen LogP contribution in [0.15, 0.2) is 30.3 Å². The molecular formula is C17H24O2. The van der Waals surface area contributed by atoms with Crippen LogP contribution >= 0.6 is 0 Å². The predicted molar refractivity (Wildman–Crippen MR) is 75.8 cm³/mol. The van der Waals surface area contributed by atoms with Crippen LogP contribution < -0.4 is 0 Å². The summed E-state index contributed by atoms with van der Waals surface area (Å²) in [4.78, 5) is 0. The maximum absolute atomic E-state index is 10.7. The van der Waals surface area contributed by atoms with Crippen LogP contribution in [0.25, 0.3) is 0 Å². The van der Waals surface area contributed by atoms with Gasteiger partial charge in [0.1, 0.15) is 0 Å². The molecule has 19 heavy (non-hydrogen) atoms. The molecule has 0 aromatic heterocycles. The van der Waals surface area contributed by atoms with Crippen molar-refractivity contribution in [2.45, 2.75) is 57.3 Å². The van der Waals surface area contributed by atoms with E-state index >= 15 is 0 Å². The highest BCUT2D eigenvalue weighted by molar-refractivity contribution is 5.21. The number of hydrogen-bond acceptors (Lipinski definition) is 2. The molecule has 1 heterocycles. The molecule has 1 aromatic rings. The van der Waals surface area contributed by atoms with Gasteiger partial charge in [-0.25, -0.2) is 0 Å². The van der Waals surface area contributed by atoms with Gasteiger partial charge >= 0.3 is 0 Å². The Hall–Kier alpha value is -0.860. The van der Waals surface area contributed by atoms with Crippen LogP contribution in [-0.4, -0.2) is 16.3 Å². The molecule has 0 spiro atoms. The third kappa shape index (κ3) is 2.21. The van der Waals surface area contributed by atoms with Gasteiger partial charge in [-0.3, -0.25) is 0 Å². The zero-order chi connectivity index (χ0) is 13.7. The van der Waals surface area contributed by atoms with E-state index in [1.165, 1.54) is 5.56 Å².